The second kappa shape index (κ2) is 3.66. The lowest BCUT2D eigenvalue weighted by atomic mass is 10.2. The summed E-state index contributed by atoms with van der Waals surface area (Å²) in [6, 6.07) is 0. The van der Waals surface area contributed by atoms with E-state index in [0.29, 0.717) is 0 Å². The first-order chi connectivity index (χ1) is 3.31. The minimum absolute atomic E-state index is 1.06. The first-order valence-electron chi connectivity index (χ1n) is 2.61. The van der Waals surface area contributed by atoms with Gasteiger partial charge in [-0.15, -0.1) is 0 Å². The molecule has 0 nitrogen and oxygen atoms in total. The molecule has 0 aliphatic carbocycles. The van der Waals surface area contributed by atoms with E-state index in [1.54, 1.807) is 0 Å². The van der Waals surface area contributed by atoms with Crippen LogP contribution < -0.4 is 0 Å². The molecule has 0 radical (unpaired) electrons. The Hall–Kier alpha value is -0.520. The van der Waals surface area contributed by atoms with Crippen LogP contribution in [0.4, 0.5) is 0 Å². The first kappa shape index (κ1) is 6.48. The largest absolute Gasteiger partial charge is 0.0959 e. The van der Waals surface area contributed by atoms with Gasteiger partial charge in [-0.05, 0) is 13.3 Å². The molecule has 7 heavy (non-hydrogen) atoms. The Morgan fingerprint density at radius 2 is 2.29 bits per heavy atom. The topological polar surface area (TPSA) is 0 Å². The molecule has 0 aromatic carbocycles. The second-order valence-electron chi connectivity index (χ2n) is 1.51. The SMILES string of the molecule is C=C(/C=C/C)CC. The third kappa shape index (κ3) is 3.31. The van der Waals surface area contributed by atoms with Gasteiger partial charge in [0, 0.05) is 0 Å². The van der Waals surface area contributed by atoms with Crippen molar-refractivity contribution in [1.82, 2.24) is 0 Å². The fourth-order valence-electron chi connectivity index (χ4n) is 0.354. The normalized spacial score (nSPS) is 10.0. The Bertz CT molecular complexity index is 78.0. The smallest absolute Gasteiger partial charge is 0.0313 e. The van der Waals surface area contributed by atoms with Crippen molar-refractivity contribution in [2.75, 3.05) is 0 Å². The molecule has 0 aromatic rings. The lowest BCUT2D eigenvalue weighted by Crippen LogP contribution is -1.65. The van der Waals surface area contributed by atoms with Crippen molar-refractivity contribution >= 4 is 0 Å². The van der Waals surface area contributed by atoms with Crippen LogP contribution >= 0.6 is 0 Å². The zero-order valence-electron chi connectivity index (χ0n) is 5.07. The van der Waals surface area contributed by atoms with Gasteiger partial charge in [0.1, 0.15) is 0 Å². The second-order valence-corrected chi connectivity index (χ2v) is 1.51. The zero-order valence-corrected chi connectivity index (χ0v) is 5.07. The molecule has 40 valence electrons. The van der Waals surface area contributed by atoms with Gasteiger partial charge in [0.25, 0.3) is 0 Å². The van der Waals surface area contributed by atoms with E-state index in [9.17, 15) is 0 Å². The molecule has 0 aliphatic heterocycles. The van der Waals surface area contributed by atoms with Crippen molar-refractivity contribution in [1.29, 1.82) is 0 Å². The number of hydrogen-bond acceptors (Lipinski definition) is 0. The lowest BCUT2D eigenvalue weighted by Gasteiger charge is -1.85. The van der Waals surface area contributed by atoms with E-state index in [1.807, 2.05) is 19.1 Å². The summed E-state index contributed by atoms with van der Waals surface area (Å²) in [5.74, 6) is 0. The van der Waals surface area contributed by atoms with Crippen molar-refractivity contribution < 1.29 is 0 Å². The number of rotatable bonds is 2. The number of allylic oxidation sites excluding steroid dienone is 3. The van der Waals surface area contributed by atoms with E-state index < -0.39 is 0 Å². The number of hydrogen-bond donors (Lipinski definition) is 0. The van der Waals surface area contributed by atoms with Crippen molar-refractivity contribution in [2.24, 2.45) is 0 Å². The highest BCUT2D eigenvalue weighted by molar-refractivity contribution is 5.12. The molecular weight excluding hydrogens is 84.1 g/mol. The zero-order chi connectivity index (χ0) is 5.70. The molecule has 0 aliphatic rings. The summed E-state index contributed by atoms with van der Waals surface area (Å²) < 4.78 is 0. The Balaban J connectivity index is 3.37. The van der Waals surface area contributed by atoms with Gasteiger partial charge in [0.15, 0.2) is 0 Å². The quantitative estimate of drug-likeness (QED) is 0.463. The molecule has 0 N–H and O–H groups in total. The van der Waals surface area contributed by atoms with Crippen LogP contribution in [-0.4, -0.2) is 0 Å². The van der Waals surface area contributed by atoms with Gasteiger partial charge in [-0.1, -0.05) is 31.2 Å². The van der Waals surface area contributed by atoms with Crippen LogP contribution in [0.25, 0.3) is 0 Å². The van der Waals surface area contributed by atoms with Gasteiger partial charge in [-0.3, -0.25) is 0 Å². The molecule has 0 atom stereocenters. The third-order valence-corrected chi connectivity index (χ3v) is 0.856. The summed E-state index contributed by atoms with van der Waals surface area (Å²) in [6.45, 7) is 7.88. The van der Waals surface area contributed by atoms with Crippen LogP contribution in [0.1, 0.15) is 20.3 Å². The van der Waals surface area contributed by atoms with E-state index in [2.05, 4.69) is 13.5 Å². The van der Waals surface area contributed by atoms with Crippen LogP contribution in [0, 0.1) is 0 Å². The van der Waals surface area contributed by atoms with Crippen molar-refractivity contribution in [3.05, 3.63) is 24.3 Å². The average Bonchev–Trinajstić information content (AvgIpc) is 1.68. The molecule has 0 aromatic heterocycles. The summed E-state index contributed by atoms with van der Waals surface area (Å²) in [4.78, 5) is 0. The predicted octanol–water partition coefficient (Wildman–Crippen LogP) is 2.53. The van der Waals surface area contributed by atoms with Gasteiger partial charge < -0.3 is 0 Å². The molecule has 0 saturated heterocycles. The highest BCUT2D eigenvalue weighted by Gasteiger charge is 1.75. The molecule has 0 heteroatoms. The fourth-order valence-corrected chi connectivity index (χ4v) is 0.354. The van der Waals surface area contributed by atoms with E-state index >= 15 is 0 Å². The summed E-state index contributed by atoms with van der Waals surface area (Å²) in [5.41, 5.74) is 1.20. The molecular formula is C7H12. The summed E-state index contributed by atoms with van der Waals surface area (Å²) in [5, 5.41) is 0. The van der Waals surface area contributed by atoms with E-state index in [4.69, 9.17) is 0 Å². The Labute approximate surface area is 45.5 Å². The van der Waals surface area contributed by atoms with Crippen molar-refractivity contribution in [3.63, 3.8) is 0 Å². The Morgan fingerprint density at radius 3 is 2.43 bits per heavy atom. The molecule has 0 bridgehead atoms. The predicted molar refractivity (Wildman–Crippen MR) is 34.2 cm³/mol. The maximum Gasteiger partial charge on any atom is -0.0313 e. The minimum Gasteiger partial charge on any atom is -0.0959 e. The van der Waals surface area contributed by atoms with Crippen LogP contribution in [0.2, 0.25) is 0 Å². The molecule has 0 unspecified atom stereocenters. The van der Waals surface area contributed by atoms with E-state index in [-0.39, 0.29) is 0 Å². The first-order valence-corrected chi connectivity index (χ1v) is 2.61. The average molecular weight is 96.2 g/mol. The molecule has 0 saturated carbocycles. The fraction of sp³-hybridized carbons (Fsp3) is 0.429. The standard InChI is InChI=1S/C7H12/c1-4-6-7(3)5-2/h4,6H,3,5H2,1-2H3/b6-4+. The van der Waals surface area contributed by atoms with Gasteiger partial charge in [0.2, 0.25) is 0 Å². The maximum absolute atomic E-state index is 3.78. The van der Waals surface area contributed by atoms with Gasteiger partial charge in [-0.2, -0.15) is 0 Å². The summed E-state index contributed by atoms with van der Waals surface area (Å²) >= 11 is 0. The van der Waals surface area contributed by atoms with Gasteiger partial charge in [-0.25, -0.2) is 0 Å². The molecule has 0 heterocycles. The summed E-state index contributed by atoms with van der Waals surface area (Å²) in [6.07, 6.45) is 5.09. The van der Waals surface area contributed by atoms with Crippen molar-refractivity contribution in [2.45, 2.75) is 20.3 Å². The molecule has 0 amide bonds. The van der Waals surface area contributed by atoms with Crippen LogP contribution in [0.3, 0.4) is 0 Å². The Morgan fingerprint density at radius 1 is 1.71 bits per heavy atom. The van der Waals surface area contributed by atoms with Gasteiger partial charge >= 0.3 is 0 Å². The maximum atomic E-state index is 3.78. The monoisotopic (exact) mass is 96.1 g/mol. The Kier molecular flexibility index (Phi) is 3.39. The van der Waals surface area contributed by atoms with E-state index in [0.717, 1.165) is 6.42 Å². The van der Waals surface area contributed by atoms with Gasteiger partial charge in [0.05, 0.1) is 0 Å². The van der Waals surface area contributed by atoms with E-state index in [1.165, 1.54) is 5.57 Å². The molecule has 0 spiro atoms. The minimum atomic E-state index is 1.06. The summed E-state index contributed by atoms with van der Waals surface area (Å²) in [7, 11) is 0. The molecule has 0 fully saturated rings. The van der Waals surface area contributed by atoms with Crippen LogP contribution in [0.15, 0.2) is 24.3 Å². The van der Waals surface area contributed by atoms with Crippen molar-refractivity contribution in [3.8, 4) is 0 Å². The highest BCUT2D eigenvalue weighted by Crippen LogP contribution is 1.95. The van der Waals surface area contributed by atoms with Crippen LogP contribution in [0.5, 0.6) is 0 Å². The third-order valence-electron chi connectivity index (χ3n) is 0.856. The lowest BCUT2D eigenvalue weighted by molar-refractivity contribution is 1.16. The van der Waals surface area contributed by atoms with Crippen LogP contribution in [-0.2, 0) is 0 Å². The molecule has 0 rings (SSSR count). The highest BCUT2D eigenvalue weighted by atomic mass is 13.8.